The lowest BCUT2D eigenvalue weighted by Crippen LogP contribution is -2.09. The molecule has 0 aliphatic carbocycles. The Kier molecular flexibility index (Phi) is 5.98. The number of benzene rings is 2. The number of phenolic OH excluding ortho intramolecular Hbond substituents is 2. The molecule has 0 radical (unpaired) electrons. The van der Waals surface area contributed by atoms with Gasteiger partial charge in [0, 0.05) is 11.1 Å². The summed E-state index contributed by atoms with van der Waals surface area (Å²) in [6, 6.07) is 14.3. The van der Waals surface area contributed by atoms with Gasteiger partial charge in [0.15, 0.2) is 0 Å². The zero-order valence-corrected chi connectivity index (χ0v) is 17.0. The Hall–Kier alpha value is -2.88. The first-order valence-corrected chi connectivity index (χ1v) is 9.82. The van der Waals surface area contributed by atoms with Gasteiger partial charge < -0.3 is 10.2 Å². The highest BCUT2D eigenvalue weighted by Crippen LogP contribution is 2.31. The quantitative estimate of drug-likeness (QED) is 0.586. The summed E-state index contributed by atoms with van der Waals surface area (Å²) < 4.78 is 0. The lowest BCUT2D eigenvalue weighted by Gasteiger charge is -2.17. The average Bonchev–Trinajstić information content (AvgIpc) is 2.63. The molecule has 3 aromatic rings. The zero-order valence-electron chi connectivity index (χ0n) is 17.0. The van der Waals surface area contributed by atoms with Gasteiger partial charge in [-0.1, -0.05) is 27.7 Å². The van der Waals surface area contributed by atoms with Gasteiger partial charge in [-0.25, -0.2) is 9.97 Å². The summed E-state index contributed by atoms with van der Waals surface area (Å²) >= 11 is 0. The van der Waals surface area contributed by atoms with Crippen LogP contribution in [0.25, 0.3) is 22.5 Å². The van der Waals surface area contributed by atoms with Crippen LogP contribution in [0, 0.1) is 11.8 Å². The Morgan fingerprint density at radius 1 is 0.607 bits per heavy atom. The largest absolute Gasteiger partial charge is 0.508 e. The van der Waals surface area contributed by atoms with Gasteiger partial charge in [0.05, 0.1) is 22.8 Å². The Morgan fingerprint density at radius 3 is 1.21 bits per heavy atom. The fourth-order valence-corrected chi connectivity index (χ4v) is 3.26. The van der Waals surface area contributed by atoms with Gasteiger partial charge in [0.2, 0.25) is 0 Å². The van der Waals surface area contributed by atoms with Crippen molar-refractivity contribution >= 4 is 0 Å². The number of hydrogen-bond acceptors (Lipinski definition) is 4. The van der Waals surface area contributed by atoms with E-state index in [9.17, 15) is 10.2 Å². The first-order chi connectivity index (χ1) is 13.3. The molecule has 0 atom stereocenters. The number of aromatic nitrogens is 2. The van der Waals surface area contributed by atoms with Gasteiger partial charge in [0.1, 0.15) is 11.5 Å². The first kappa shape index (κ1) is 19.9. The Morgan fingerprint density at radius 2 is 0.929 bits per heavy atom. The summed E-state index contributed by atoms with van der Waals surface area (Å²) in [5.41, 5.74) is 5.60. The van der Waals surface area contributed by atoms with Crippen LogP contribution in [0.4, 0.5) is 0 Å². The van der Waals surface area contributed by atoms with Gasteiger partial charge in [-0.05, 0) is 73.2 Å². The molecule has 0 spiro atoms. The molecule has 0 bridgehead atoms. The number of hydrogen-bond donors (Lipinski definition) is 2. The monoisotopic (exact) mass is 376 g/mol. The van der Waals surface area contributed by atoms with Crippen LogP contribution in [0.1, 0.15) is 39.1 Å². The average molecular weight is 377 g/mol. The molecule has 1 aromatic heterocycles. The second-order valence-corrected chi connectivity index (χ2v) is 8.10. The molecule has 146 valence electrons. The standard InChI is InChI=1S/C24H28N2O2/c1-15(2)13-21-23(17-5-9-19(27)10-6-17)26-22(14-16(3)4)24(25-21)18-7-11-20(28)12-8-18/h5-12,15-16,27-28H,13-14H2,1-4H3. The minimum Gasteiger partial charge on any atom is -0.508 e. The highest BCUT2D eigenvalue weighted by Gasteiger charge is 2.18. The van der Waals surface area contributed by atoms with E-state index in [4.69, 9.17) is 9.97 Å². The van der Waals surface area contributed by atoms with Crippen LogP contribution in [0.5, 0.6) is 11.5 Å². The van der Waals surface area contributed by atoms with E-state index >= 15 is 0 Å². The highest BCUT2D eigenvalue weighted by atomic mass is 16.3. The first-order valence-electron chi connectivity index (χ1n) is 9.82. The third kappa shape index (κ3) is 4.69. The maximum atomic E-state index is 9.65. The van der Waals surface area contributed by atoms with Crippen molar-refractivity contribution in [2.45, 2.75) is 40.5 Å². The molecule has 0 aliphatic rings. The molecule has 4 heteroatoms. The lowest BCUT2D eigenvalue weighted by atomic mass is 9.98. The molecular weight excluding hydrogens is 348 g/mol. The summed E-state index contributed by atoms with van der Waals surface area (Å²) in [7, 11) is 0. The summed E-state index contributed by atoms with van der Waals surface area (Å²) in [4.78, 5) is 10.1. The van der Waals surface area contributed by atoms with Gasteiger partial charge in [-0.3, -0.25) is 0 Å². The molecule has 4 nitrogen and oxygen atoms in total. The van der Waals surface area contributed by atoms with Gasteiger partial charge in [-0.15, -0.1) is 0 Å². The van der Waals surface area contributed by atoms with Crippen LogP contribution < -0.4 is 0 Å². The summed E-state index contributed by atoms with van der Waals surface area (Å²) in [5, 5.41) is 19.3. The molecule has 0 aliphatic heterocycles. The van der Waals surface area contributed by atoms with Crippen LogP contribution in [-0.2, 0) is 12.8 Å². The van der Waals surface area contributed by atoms with Gasteiger partial charge >= 0.3 is 0 Å². The van der Waals surface area contributed by atoms with Crippen molar-refractivity contribution in [1.29, 1.82) is 0 Å². The Bertz CT molecular complexity index is 851. The van der Waals surface area contributed by atoms with E-state index < -0.39 is 0 Å². The van der Waals surface area contributed by atoms with Gasteiger partial charge in [0.25, 0.3) is 0 Å². The minimum absolute atomic E-state index is 0.241. The summed E-state index contributed by atoms with van der Waals surface area (Å²) in [5.74, 6) is 1.36. The number of rotatable bonds is 6. The molecule has 3 rings (SSSR count). The second-order valence-electron chi connectivity index (χ2n) is 8.10. The van der Waals surface area contributed by atoms with Crippen molar-refractivity contribution in [2.24, 2.45) is 11.8 Å². The fourth-order valence-electron chi connectivity index (χ4n) is 3.26. The SMILES string of the molecule is CC(C)Cc1nc(-c2ccc(O)cc2)c(CC(C)C)nc1-c1ccc(O)cc1. The zero-order chi connectivity index (χ0) is 20.3. The van der Waals surface area contributed by atoms with Crippen molar-refractivity contribution < 1.29 is 10.2 Å². The lowest BCUT2D eigenvalue weighted by molar-refractivity contribution is 0.475. The summed E-state index contributed by atoms with van der Waals surface area (Å²) in [6.07, 6.45) is 1.63. The van der Waals surface area contributed by atoms with Crippen molar-refractivity contribution in [3.8, 4) is 34.0 Å². The van der Waals surface area contributed by atoms with E-state index in [0.717, 1.165) is 46.7 Å². The number of aromatic hydroxyl groups is 2. The second kappa shape index (κ2) is 8.42. The van der Waals surface area contributed by atoms with Crippen molar-refractivity contribution in [1.82, 2.24) is 9.97 Å². The third-order valence-corrected chi connectivity index (χ3v) is 4.52. The van der Waals surface area contributed by atoms with E-state index in [1.165, 1.54) is 0 Å². The van der Waals surface area contributed by atoms with Crippen molar-refractivity contribution in [3.05, 3.63) is 59.9 Å². The molecule has 28 heavy (non-hydrogen) atoms. The fraction of sp³-hybridized carbons (Fsp3) is 0.333. The number of nitrogens with zero attached hydrogens (tertiary/aromatic N) is 2. The topological polar surface area (TPSA) is 66.2 Å². The third-order valence-electron chi connectivity index (χ3n) is 4.52. The molecule has 1 heterocycles. The molecular formula is C24H28N2O2. The predicted octanol–water partition coefficient (Wildman–Crippen LogP) is 5.62. The Balaban J connectivity index is 2.21. The molecule has 2 aromatic carbocycles. The molecule has 0 amide bonds. The molecule has 0 saturated carbocycles. The van der Waals surface area contributed by atoms with E-state index in [1.54, 1.807) is 24.3 Å². The molecule has 0 unspecified atom stereocenters. The van der Waals surface area contributed by atoms with E-state index in [0.29, 0.717) is 11.8 Å². The minimum atomic E-state index is 0.241. The van der Waals surface area contributed by atoms with E-state index in [1.807, 2.05) is 24.3 Å². The van der Waals surface area contributed by atoms with Gasteiger partial charge in [-0.2, -0.15) is 0 Å². The number of phenols is 2. The van der Waals surface area contributed by atoms with Crippen molar-refractivity contribution in [2.75, 3.05) is 0 Å². The molecule has 0 fully saturated rings. The van der Waals surface area contributed by atoms with Crippen LogP contribution in [0.15, 0.2) is 48.5 Å². The normalized spacial score (nSPS) is 11.4. The van der Waals surface area contributed by atoms with Crippen LogP contribution in [0.2, 0.25) is 0 Å². The summed E-state index contributed by atoms with van der Waals surface area (Å²) in [6.45, 7) is 8.68. The predicted molar refractivity (Wildman–Crippen MR) is 113 cm³/mol. The maximum absolute atomic E-state index is 9.65. The highest BCUT2D eigenvalue weighted by molar-refractivity contribution is 5.68. The Labute approximate surface area is 166 Å². The molecule has 2 N–H and O–H groups in total. The maximum Gasteiger partial charge on any atom is 0.115 e. The van der Waals surface area contributed by atoms with E-state index in [2.05, 4.69) is 27.7 Å². The van der Waals surface area contributed by atoms with Crippen molar-refractivity contribution in [3.63, 3.8) is 0 Å². The molecule has 0 saturated heterocycles. The van der Waals surface area contributed by atoms with Crippen LogP contribution >= 0.6 is 0 Å². The van der Waals surface area contributed by atoms with Crippen LogP contribution in [0.3, 0.4) is 0 Å². The van der Waals surface area contributed by atoms with Crippen LogP contribution in [-0.4, -0.2) is 20.2 Å². The van der Waals surface area contributed by atoms with E-state index in [-0.39, 0.29) is 11.5 Å². The smallest absolute Gasteiger partial charge is 0.115 e.